The summed E-state index contributed by atoms with van der Waals surface area (Å²) in [5.74, 6) is 0.733. The number of nitrogens with zero attached hydrogens (tertiary/aromatic N) is 2. The Kier molecular flexibility index (Phi) is 6.48. The molecule has 2 aromatic rings. The quantitative estimate of drug-likeness (QED) is 0.717. The van der Waals surface area contributed by atoms with Crippen molar-refractivity contribution in [3.05, 3.63) is 56.8 Å². The van der Waals surface area contributed by atoms with E-state index >= 15 is 0 Å². The average Bonchev–Trinajstić information content (AvgIpc) is 3.11. The molecule has 1 saturated heterocycles. The van der Waals surface area contributed by atoms with E-state index in [0.717, 1.165) is 25.3 Å². The van der Waals surface area contributed by atoms with Gasteiger partial charge in [0.25, 0.3) is 5.91 Å². The standard InChI is InChI=1S/C21H25Cl2N3O2/c1-12-13(2)18(28-4)6-5-17(12)14(3)26-8-7-16(11-26)24-21(27)15-9-19(22)25-20(23)10-15/h5-6,9-10,14,16H,7-8,11H2,1-4H3,(H,24,27)/t14?,16-/m1/s1. The summed E-state index contributed by atoms with van der Waals surface area (Å²) in [7, 11) is 1.70. The van der Waals surface area contributed by atoms with Gasteiger partial charge in [-0.1, -0.05) is 29.3 Å². The number of ether oxygens (including phenoxy) is 1. The molecule has 3 rings (SSSR count). The fraction of sp³-hybridized carbons (Fsp3) is 0.429. The summed E-state index contributed by atoms with van der Waals surface area (Å²) in [5.41, 5.74) is 4.14. The number of nitrogens with one attached hydrogen (secondary N) is 1. The molecule has 28 heavy (non-hydrogen) atoms. The molecule has 1 aromatic carbocycles. The smallest absolute Gasteiger partial charge is 0.251 e. The fourth-order valence-electron chi connectivity index (χ4n) is 3.81. The van der Waals surface area contributed by atoms with Gasteiger partial charge in [0, 0.05) is 30.7 Å². The van der Waals surface area contributed by atoms with Crippen LogP contribution in [0.3, 0.4) is 0 Å². The molecule has 2 atom stereocenters. The van der Waals surface area contributed by atoms with Gasteiger partial charge in [0.2, 0.25) is 0 Å². The minimum atomic E-state index is -0.179. The number of likely N-dealkylation sites (tertiary alicyclic amines) is 1. The Labute approximate surface area is 176 Å². The zero-order valence-electron chi connectivity index (χ0n) is 16.6. The summed E-state index contributed by atoms with van der Waals surface area (Å²) in [6.45, 7) is 8.15. The molecule has 1 aliphatic rings. The van der Waals surface area contributed by atoms with E-state index in [0.29, 0.717) is 5.56 Å². The normalized spacial score (nSPS) is 18.1. The highest BCUT2D eigenvalue weighted by Crippen LogP contribution is 2.32. The molecular formula is C21H25Cl2N3O2. The highest BCUT2D eigenvalue weighted by Gasteiger charge is 2.29. The van der Waals surface area contributed by atoms with Crippen LogP contribution in [-0.4, -0.2) is 42.0 Å². The van der Waals surface area contributed by atoms with Crippen LogP contribution >= 0.6 is 23.2 Å². The molecule has 1 aromatic heterocycles. The molecule has 0 saturated carbocycles. The van der Waals surface area contributed by atoms with Crippen LogP contribution < -0.4 is 10.1 Å². The maximum atomic E-state index is 12.5. The van der Waals surface area contributed by atoms with E-state index in [1.54, 1.807) is 7.11 Å². The van der Waals surface area contributed by atoms with E-state index in [2.05, 4.69) is 42.0 Å². The fourth-order valence-corrected chi connectivity index (χ4v) is 4.27. The van der Waals surface area contributed by atoms with Crippen LogP contribution in [0.1, 0.15) is 46.4 Å². The van der Waals surface area contributed by atoms with Crippen molar-refractivity contribution < 1.29 is 9.53 Å². The molecule has 7 heteroatoms. The lowest BCUT2D eigenvalue weighted by molar-refractivity contribution is 0.0936. The van der Waals surface area contributed by atoms with Crippen LogP contribution in [0.5, 0.6) is 5.75 Å². The van der Waals surface area contributed by atoms with Gasteiger partial charge >= 0.3 is 0 Å². The highest BCUT2D eigenvalue weighted by atomic mass is 35.5. The van der Waals surface area contributed by atoms with Crippen molar-refractivity contribution >= 4 is 29.1 Å². The van der Waals surface area contributed by atoms with E-state index in [1.807, 2.05) is 6.07 Å². The van der Waals surface area contributed by atoms with Crippen LogP contribution in [0, 0.1) is 13.8 Å². The number of hydrogen-bond donors (Lipinski definition) is 1. The first kappa shape index (κ1) is 20.9. The number of methoxy groups -OCH3 is 1. The summed E-state index contributed by atoms with van der Waals surface area (Å²) in [6.07, 6.45) is 0.900. The van der Waals surface area contributed by atoms with Crippen LogP contribution in [0.25, 0.3) is 0 Å². The number of rotatable bonds is 5. The number of hydrogen-bond acceptors (Lipinski definition) is 4. The zero-order valence-corrected chi connectivity index (χ0v) is 18.1. The Hall–Kier alpha value is -1.82. The molecule has 0 bridgehead atoms. The van der Waals surface area contributed by atoms with Gasteiger partial charge in [-0.15, -0.1) is 0 Å². The first-order chi connectivity index (χ1) is 13.3. The largest absolute Gasteiger partial charge is 0.496 e. The van der Waals surface area contributed by atoms with Crippen molar-refractivity contribution in [1.82, 2.24) is 15.2 Å². The highest BCUT2D eigenvalue weighted by molar-refractivity contribution is 6.33. The van der Waals surface area contributed by atoms with E-state index in [9.17, 15) is 4.79 Å². The number of halogens is 2. The second-order valence-corrected chi connectivity index (χ2v) is 8.01. The Balaban J connectivity index is 1.66. The van der Waals surface area contributed by atoms with Gasteiger partial charge in [-0.25, -0.2) is 4.98 Å². The molecule has 0 aliphatic carbocycles. The number of carbonyl (C=O) groups is 1. The molecule has 1 N–H and O–H groups in total. The summed E-state index contributed by atoms with van der Waals surface area (Å²) in [5, 5.41) is 3.51. The van der Waals surface area contributed by atoms with E-state index in [1.165, 1.54) is 28.8 Å². The van der Waals surface area contributed by atoms with Gasteiger partial charge in [0.15, 0.2) is 0 Å². The summed E-state index contributed by atoms with van der Waals surface area (Å²) < 4.78 is 5.42. The topological polar surface area (TPSA) is 54.5 Å². The molecule has 0 radical (unpaired) electrons. The van der Waals surface area contributed by atoms with Gasteiger partial charge < -0.3 is 10.1 Å². The number of pyridine rings is 1. The molecule has 1 unspecified atom stereocenters. The SMILES string of the molecule is COc1ccc(C(C)N2CC[C@@H](NC(=O)c3cc(Cl)nc(Cl)c3)C2)c(C)c1C. The van der Waals surface area contributed by atoms with Crippen LogP contribution in [0.15, 0.2) is 24.3 Å². The second kappa shape index (κ2) is 8.68. The molecule has 1 aliphatic heterocycles. The lowest BCUT2D eigenvalue weighted by Crippen LogP contribution is -2.37. The zero-order chi connectivity index (χ0) is 20.4. The molecule has 1 fully saturated rings. The van der Waals surface area contributed by atoms with Crippen LogP contribution in [-0.2, 0) is 0 Å². The van der Waals surface area contributed by atoms with Gasteiger partial charge in [-0.2, -0.15) is 0 Å². The molecule has 2 heterocycles. The Morgan fingerprint density at radius 2 is 1.93 bits per heavy atom. The second-order valence-electron chi connectivity index (χ2n) is 7.24. The molecular weight excluding hydrogens is 397 g/mol. The molecule has 0 spiro atoms. The molecule has 150 valence electrons. The number of carbonyl (C=O) groups excluding carboxylic acids is 1. The molecule has 1 amide bonds. The number of benzene rings is 1. The Morgan fingerprint density at radius 3 is 2.57 bits per heavy atom. The maximum Gasteiger partial charge on any atom is 0.251 e. The third-order valence-electron chi connectivity index (χ3n) is 5.58. The van der Waals surface area contributed by atoms with Crippen LogP contribution in [0.4, 0.5) is 0 Å². The van der Waals surface area contributed by atoms with Crippen molar-refractivity contribution in [2.24, 2.45) is 0 Å². The van der Waals surface area contributed by atoms with Gasteiger partial charge in [0.05, 0.1) is 7.11 Å². The van der Waals surface area contributed by atoms with Gasteiger partial charge in [-0.05, 0) is 62.1 Å². The van der Waals surface area contributed by atoms with Crippen LogP contribution in [0.2, 0.25) is 10.3 Å². The Morgan fingerprint density at radius 1 is 1.25 bits per heavy atom. The predicted molar refractivity (Wildman–Crippen MR) is 113 cm³/mol. The third-order valence-corrected chi connectivity index (χ3v) is 5.96. The summed E-state index contributed by atoms with van der Waals surface area (Å²) >= 11 is 11.8. The maximum absolute atomic E-state index is 12.5. The number of aromatic nitrogens is 1. The average molecular weight is 422 g/mol. The van der Waals surface area contributed by atoms with E-state index < -0.39 is 0 Å². The lowest BCUT2D eigenvalue weighted by atomic mass is 9.97. The Bertz CT molecular complexity index is 868. The monoisotopic (exact) mass is 421 g/mol. The van der Waals surface area contributed by atoms with Gasteiger partial charge in [0.1, 0.15) is 16.1 Å². The summed E-state index contributed by atoms with van der Waals surface area (Å²) in [6, 6.07) is 7.57. The summed E-state index contributed by atoms with van der Waals surface area (Å²) in [4.78, 5) is 18.8. The van der Waals surface area contributed by atoms with E-state index in [-0.39, 0.29) is 28.3 Å². The first-order valence-corrected chi connectivity index (χ1v) is 10.1. The van der Waals surface area contributed by atoms with Gasteiger partial charge in [-0.3, -0.25) is 9.69 Å². The van der Waals surface area contributed by atoms with Crippen molar-refractivity contribution in [2.45, 2.75) is 39.3 Å². The first-order valence-electron chi connectivity index (χ1n) is 9.32. The van der Waals surface area contributed by atoms with E-state index in [4.69, 9.17) is 27.9 Å². The third kappa shape index (κ3) is 4.43. The predicted octanol–water partition coefficient (Wildman–Crippen LogP) is 4.58. The minimum Gasteiger partial charge on any atom is -0.496 e. The lowest BCUT2D eigenvalue weighted by Gasteiger charge is -2.27. The molecule has 5 nitrogen and oxygen atoms in total. The van der Waals surface area contributed by atoms with Crippen molar-refractivity contribution in [2.75, 3.05) is 20.2 Å². The van der Waals surface area contributed by atoms with Crippen molar-refractivity contribution in [3.63, 3.8) is 0 Å². The minimum absolute atomic E-state index is 0.0836. The van der Waals surface area contributed by atoms with Crippen molar-refractivity contribution in [1.29, 1.82) is 0 Å². The number of amides is 1. The van der Waals surface area contributed by atoms with Crippen molar-refractivity contribution in [3.8, 4) is 5.75 Å².